The van der Waals surface area contributed by atoms with Crippen molar-refractivity contribution in [3.8, 4) is 17.0 Å². The number of hydrogen-bond donors (Lipinski definition) is 0. The van der Waals surface area contributed by atoms with E-state index >= 15 is 0 Å². The summed E-state index contributed by atoms with van der Waals surface area (Å²) in [5.74, 6) is 0.243. The van der Waals surface area contributed by atoms with Crippen molar-refractivity contribution in [2.24, 2.45) is 0 Å². The average molecular weight is 447 g/mol. The lowest BCUT2D eigenvalue weighted by Gasteiger charge is -2.31. The van der Waals surface area contributed by atoms with Gasteiger partial charge in [0.15, 0.2) is 15.0 Å². The molecule has 2 heterocycles. The zero-order valence-corrected chi connectivity index (χ0v) is 18.5. The van der Waals surface area contributed by atoms with Gasteiger partial charge in [-0.15, -0.1) is 11.3 Å². The van der Waals surface area contributed by atoms with Crippen molar-refractivity contribution in [3.63, 3.8) is 0 Å². The molecule has 0 aliphatic carbocycles. The Balaban J connectivity index is 1.49. The van der Waals surface area contributed by atoms with Crippen molar-refractivity contribution in [1.82, 2.24) is 4.98 Å². The Hall–Kier alpha value is -2.45. The molecule has 8 heteroatoms. The highest BCUT2D eigenvalue weighted by molar-refractivity contribution is 7.92. The Kier molecular flexibility index (Phi) is 5.79. The molecule has 158 valence electrons. The molecule has 5 nitrogen and oxygen atoms in total. The minimum Gasteiger partial charge on any atom is -0.496 e. The lowest BCUT2D eigenvalue weighted by molar-refractivity contribution is 0.416. The summed E-state index contributed by atoms with van der Waals surface area (Å²) in [6, 6.07) is 11.7. The molecule has 1 saturated heterocycles. The number of piperidine rings is 1. The van der Waals surface area contributed by atoms with Gasteiger partial charge in [-0.1, -0.05) is 18.2 Å². The number of anilines is 1. The highest BCUT2D eigenvalue weighted by Gasteiger charge is 2.33. The Morgan fingerprint density at radius 2 is 1.90 bits per heavy atom. The van der Waals surface area contributed by atoms with Crippen molar-refractivity contribution in [2.75, 3.05) is 25.1 Å². The van der Waals surface area contributed by atoms with Crippen LogP contribution in [0.5, 0.6) is 5.75 Å². The van der Waals surface area contributed by atoms with Crippen molar-refractivity contribution in [1.29, 1.82) is 0 Å². The van der Waals surface area contributed by atoms with Gasteiger partial charge in [-0.3, -0.25) is 0 Å². The first-order valence-electron chi connectivity index (χ1n) is 9.74. The van der Waals surface area contributed by atoms with Crippen molar-refractivity contribution < 1.29 is 17.5 Å². The second-order valence-electron chi connectivity index (χ2n) is 7.36. The van der Waals surface area contributed by atoms with Gasteiger partial charge in [0.2, 0.25) is 0 Å². The number of benzene rings is 2. The van der Waals surface area contributed by atoms with Gasteiger partial charge in [-0.05, 0) is 49.6 Å². The van der Waals surface area contributed by atoms with Crippen molar-refractivity contribution in [2.45, 2.75) is 29.9 Å². The second-order valence-corrected chi connectivity index (χ2v) is 10.4. The van der Waals surface area contributed by atoms with Gasteiger partial charge < -0.3 is 9.64 Å². The molecule has 0 bridgehead atoms. The third kappa shape index (κ3) is 3.94. The van der Waals surface area contributed by atoms with Gasteiger partial charge in [-0.25, -0.2) is 17.8 Å². The fraction of sp³-hybridized carbons (Fsp3) is 0.318. The molecule has 0 atom stereocenters. The summed E-state index contributed by atoms with van der Waals surface area (Å²) in [5, 5.41) is 2.35. The molecule has 0 N–H and O–H groups in total. The van der Waals surface area contributed by atoms with Crippen LogP contribution < -0.4 is 9.64 Å². The minimum atomic E-state index is -3.57. The predicted octanol–water partition coefficient (Wildman–Crippen LogP) is 4.71. The fourth-order valence-corrected chi connectivity index (χ4v) is 6.67. The fourth-order valence-electron chi connectivity index (χ4n) is 3.81. The average Bonchev–Trinajstić information content (AvgIpc) is 3.25. The molecular weight excluding hydrogens is 423 g/mol. The largest absolute Gasteiger partial charge is 0.496 e. The molecule has 1 aliphatic rings. The summed E-state index contributed by atoms with van der Waals surface area (Å²) in [5.41, 5.74) is 2.36. The van der Waals surface area contributed by atoms with Gasteiger partial charge in [0, 0.05) is 24.0 Å². The number of sulfone groups is 1. The van der Waals surface area contributed by atoms with Crippen LogP contribution in [0, 0.1) is 12.7 Å². The SMILES string of the molecule is COc1ccccc1-c1csc(N2CCC(S(=O)(=O)c3cc(F)ccc3C)CC2)n1. The predicted molar refractivity (Wildman–Crippen MR) is 118 cm³/mol. The number of halogens is 1. The standard InChI is InChI=1S/C22H23FN2O3S2/c1-15-7-8-16(23)13-21(15)30(26,27)17-9-11-25(12-10-17)22-24-19(14-29-22)18-5-3-4-6-20(18)28-2/h3-8,13-14,17H,9-12H2,1-2H3. The van der Waals surface area contributed by atoms with Crippen LogP contribution in [0.25, 0.3) is 11.3 Å². The van der Waals surface area contributed by atoms with Gasteiger partial charge >= 0.3 is 0 Å². The van der Waals surface area contributed by atoms with E-state index in [0.29, 0.717) is 31.5 Å². The molecule has 0 unspecified atom stereocenters. The number of hydrogen-bond acceptors (Lipinski definition) is 6. The van der Waals surface area contributed by atoms with Crippen LogP contribution in [0.3, 0.4) is 0 Å². The molecular formula is C22H23FN2O3S2. The zero-order valence-electron chi connectivity index (χ0n) is 16.8. The Morgan fingerprint density at radius 1 is 1.17 bits per heavy atom. The summed E-state index contributed by atoms with van der Waals surface area (Å²) in [6.07, 6.45) is 0.976. The molecule has 0 amide bonds. The highest BCUT2D eigenvalue weighted by atomic mass is 32.2. The number of thiazole rings is 1. The third-order valence-corrected chi connectivity index (χ3v) is 8.79. The minimum absolute atomic E-state index is 0.105. The monoisotopic (exact) mass is 446 g/mol. The molecule has 30 heavy (non-hydrogen) atoms. The van der Waals surface area contributed by atoms with Crippen LogP contribution in [-0.4, -0.2) is 38.9 Å². The van der Waals surface area contributed by atoms with Crippen LogP contribution in [0.15, 0.2) is 52.7 Å². The van der Waals surface area contributed by atoms with E-state index in [1.165, 1.54) is 23.5 Å². The number of nitrogens with zero attached hydrogens (tertiary/aromatic N) is 2. The number of aryl methyl sites for hydroxylation is 1. The van der Waals surface area contributed by atoms with Crippen molar-refractivity contribution in [3.05, 3.63) is 59.2 Å². The van der Waals surface area contributed by atoms with E-state index in [4.69, 9.17) is 9.72 Å². The van der Waals surface area contributed by atoms with E-state index in [1.54, 1.807) is 14.0 Å². The first kappa shape index (κ1) is 20.8. The van der Waals surface area contributed by atoms with E-state index in [-0.39, 0.29) is 4.90 Å². The van der Waals surface area contributed by atoms with Gasteiger partial charge in [0.05, 0.1) is 22.9 Å². The molecule has 1 fully saturated rings. The van der Waals surface area contributed by atoms with Gasteiger partial charge in [0.1, 0.15) is 11.6 Å². The van der Waals surface area contributed by atoms with Crippen LogP contribution in [0.4, 0.5) is 9.52 Å². The van der Waals surface area contributed by atoms with Crippen LogP contribution in [0.1, 0.15) is 18.4 Å². The molecule has 0 radical (unpaired) electrons. The molecule has 0 spiro atoms. The molecule has 3 aromatic rings. The lowest BCUT2D eigenvalue weighted by Crippen LogP contribution is -2.39. The number of rotatable bonds is 5. The van der Waals surface area contributed by atoms with E-state index < -0.39 is 20.9 Å². The topological polar surface area (TPSA) is 59.5 Å². The summed E-state index contributed by atoms with van der Waals surface area (Å²) in [6.45, 7) is 2.89. The first-order valence-corrected chi connectivity index (χ1v) is 12.2. The number of para-hydroxylation sites is 1. The van der Waals surface area contributed by atoms with Crippen LogP contribution in [-0.2, 0) is 9.84 Å². The third-order valence-electron chi connectivity index (χ3n) is 5.48. The summed E-state index contributed by atoms with van der Waals surface area (Å²) < 4.78 is 45.2. The number of ether oxygens (including phenoxy) is 1. The van der Waals surface area contributed by atoms with E-state index in [2.05, 4.69) is 4.90 Å². The van der Waals surface area contributed by atoms with Crippen molar-refractivity contribution >= 4 is 26.3 Å². The Morgan fingerprint density at radius 3 is 2.63 bits per heavy atom. The van der Waals surface area contributed by atoms with E-state index in [0.717, 1.165) is 28.2 Å². The molecule has 1 aromatic heterocycles. The van der Waals surface area contributed by atoms with Crippen LogP contribution in [0.2, 0.25) is 0 Å². The second kappa shape index (κ2) is 8.35. The van der Waals surface area contributed by atoms with Crippen LogP contribution >= 0.6 is 11.3 Å². The number of aromatic nitrogens is 1. The zero-order chi connectivity index (χ0) is 21.3. The maximum atomic E-state index is 13.6. The summed E-state index contributed by atoms with van der Waals surface area (Å²) in [4.78, 5) is 6.97. The normalized spacial score (nSPS) is 15.4. The van der Waals surface area contributed by atoms with Gasteiger partial charge in [-0.2, -0.15) is 0 Å². The molecule has 1 aliphatic heterocycles. The first-order chi connectivity index (χ1) is 14.4. The Labute approximate surface area is 180 Å². The maximum Gasteiger partial charge on any atom is 0.185 e. The smallest absolute Gasteiger partial charge is 0.185 e. The molecule has 2 aromatic carbocycles. The quantitative estimate of drug-likeness (QED) is 0.568. The summed E-state index contributed by atoms with van der Waals surface area (Å²) in [7, 11) is -1.93. The molecule has 0 saturated carbocycles. The Bertz CT molecular complexity index is 1150. The van der Waals surface area contributed by atoms with E-state index in [1.807, 2.05) is 29.6 Å². The maximum absolute atomic E-state index is 13.6. The lowest BCUT2D eigenvalue weighted by atomic mass is 10.1. The summed E-state index contributed by atoms with van der Waals surface area (Å²) >= 11 is 1.54. The highest BCUT2D eigenvalue weighted by Crippen LogP contribution is 2.35. The number of methoxy groups -OCH3 is 1. The molecule has 4 rings (SSSR count). The van der Waals surface area contributed by atoms with Gasteiger partial charge in [0.25, 0.3) is 0 Å². The van der Waals surface area contributed by atoms with E-state index in [9.17, 15) is 12.8 Å².